The first-order valence-electron chi connectivity index (χ1n) is 8.55. The van der Waals surface area contributed by atoms with Crippen molar-refractivity contribution in [3.63, 3.8) is 0 Å². The summed E-state index contributed by atoms with van der Waals surface area (Å²) in [4.78, 5) is 16.6. The van der Waals surface area contributed by atoms with Crippen LogP contribution in [0.3, 0.4) is 0 Å². The smallest absolute Gasteiger partial charge is 0.238 e. The second kappa shape index (κ2) is 9.22. The first-order chi connectivity index (χ1) is 12.9. The van der Waals surface area contributed by atoms with Crippen molar-refractivity contribution in [1.29, 1.82) is 0 Å². The molecule has 0 spiro atoms. The summed E-state index contributed by atoms with van der Waals surface area (Å²) in [5.74, 6) is -0.557. The molecule has 1 saturated heterocycles. The predicted molar refractivity (Wildman–Crippen MR) is 108 cm³/mol. The molecule has 144 valence electrons. The van der Waals surface area contributed by atoms with Gasteiger partial charge in [-0.2, -0.15) is 0 Å². The molecule has 1 fully saturated rings. The van der Waals surface area contributed by atoms with Crippen molar-refractivity contribution >= 4 is 46.4 Å². The van der Waals surface area contributed by atoms with Gasteiger partial charge >= 0.3 is 0 Å². The van der Waals surface area contributed by atoms with E-state index in [0.29, 0.717) is 22.3 Å². The monoisotopic (exact) mass is 429 g/mol. The lowest BCUT2D eigenvalue weighted by Crippen LogP contribution is -2.48. The number of anilines is 1. The highest BCUT2D eigenvalue weighted by atomic mass is 35.5. The molecule has 3 rings (SSSR count). The van der Waals surface area contributed by atoms with Crippen molar-refractivity contribution in [1.82, 2.24) is 9.80 Å². The molecule has 4 nitrogen and oxygen atoms in total. The van der Waals surface area contributed by atoms with Crippen LogP contribution in [0.5, 0.6) is 0 Å². The lowest BCUT2D eigenvalue weighted by molar-refractivity contribution is -0.117. The summed E-state index contributed by atoms with van der Waals surface area (Å²) in [5, 5.41) is 3.75. The van der Waals surface area contributed by atoms with E-state index in [1.54, 1.807) is 30.3 Å². The number of rotatable bonds is 5. The Balaban J connectivity index is 1.47. The van der Waals surface area contributed by atoms with Crippen LogP contribution < -0.4 is 5.32 Å². The molecule has 2 aromatic rings. The molecule has 1 heterocycles. The summed E-state index contributed by atoms with van der Waals surface area (Å²) >= 11 is 18.0. The molecule has 27 heavy (non-hydrogen) atoms. The van der Waals surface area contributed by atoms with E-state index in [0.717, 1.165) is 31.7 Å². The van der Waals surface area contributed by atoms with Crippen molar-refractivity contribution in [3.8, 4) is 0 Å². The van der Waals surface area contributed by atoms with Gasteiger partial charge in [0.2, 0.25) is 5.91 Å². The molecule has 0 unspecified atom stereocenters. The van der Waals surface area contributed by atoms with Crippen LogP contribution in [-0.4, -0.2) is 48.4 Å². The van der Waals surface area contributed by atoms with E-state index in [1.165, 1.54) is 6.07 Å². The molecule has 0 aliphatic carbocycles. The maximum absolute atomic E-state index is 13.2. The number of amides is 1. The third kappa shape index (κ3) is 5.56. The zero-order valence-corrected chi connectivity index (χ0v) is 16.8. The zero-order valence-electron chi connectivity index (χ0n) is 14.5. The summed E-state index contributed by atoms with van der Waals surface area (Å²) < 4.78 is 13.2. The van der Waals surface area contributed by atoms with Crippen molar-refractivity contribution < 1.29 is 9.18 Å². The Labute approximate surface area is 172 Å². The minimum Gasteiger partial charge on any atom is -0.322 e. The van der Waals surface area contributed by atoms with Crippen LogP contribution in [0.15, 0.2) is 36.4 Å². The SMILES string of the molecule is O=C(CN1CCN(Cc2ccc(F)c(Cl)c2)CC1)Nc1c(Cl)cccc1Cl. The van der Waals surface area contributed by atoms with Crippen LogP contribution in [0.1, 0.15) is 5.56 Å². The highest BCUT2D eigenvalue weighted by Gasteiger charge is 2.20. The quantitative estimate of drug-likeness (QED) is 0.756. The highest BCUT2D eigenvalue weighted by molar-refractivity contribution is 6.39. The van der Waals surface area contributed by atoms with Crippen LogP contribution >= 0.6 is 34.8 Å². The lowest BCUT2D eigenvalue weighted by Gasteiger charge is -2.34. The molecule has 1 aliphatic rings. The molecule has 1 aliphatic heterocycles. The number of para-hydroxylation sites is 1. The highest BCUT2D eigenvalue weighted by Crippen LogP contribution is 2.29. The standard InChI is InChI=1S/C19H19Cl3FN3O/c20-14-2-1-3-15(21)19(14)24-18(27)12-26-8-6-25(7-9-26)11-13-4-5-17(23)16(22)10-13/h1-5,10H,6-9,11-12H2,(H,24,27). The number of nitrogens with one attached hydrogen (secondary N) is 1. The van der Waals surface area contributed by atoms with Crippen LogP contribution in [0.25, 0.3) is 0 Å². The van der Waals surface area contributed by atoms with Gasteiger partial charge in [-0.25, -0.2) is 4.39 Å². The molecular weight excluding hydrogens is 412 g/mol. The molecule has 0 aromatic heterocycles. The number of nitrogens with zero attached hydrogens (tertiary/aromatic N) is 2. The molecule has 8 heteroatoms. The zero-order chi connectivity index (χ0) is 19.4. The average molecular weight is 431 g/mol. The molecule has 1 amide bonds. The Morgan fingerprint density at radius 3 is 2.22 bits per heavy atom. The van der Waals surface area contributed by atoms with Gasteiger partial charge < -0.3 is 5.32 Å². The number of hydrogen-bond acceptors (Lipinski definition) is 3. The average Bonchev–Trinajstić information content (AvgIpc) is 2.63. The summed E-state index contributed by atoms with van der Waals surface area (Å²) in [5.41, 5.74) is 1.42. The van der Waals surface area contributed by atoms with Gasteiger partial charge in [-0.15, -0.1) is 0 Å². The molecule has 2 aromatic carbocycles. The molecule has 0 bridgehead atoms. The van der Waals surface area contributed by atoms with Gasteiger partial charge in [-0.1, -0.05) is 46.9 Å². The fourth-order valence-corrected chi connectivity index (χ4v) is 3.70. The summed E-state index contributed by atoms with van der Waals surface area (Å²) in [7, 11) is 0. The normalized spacial score (nSPS) is 15.7. The van der Waals surface area contributed by atoms with Gasteiger partial charge in [0.15, 0.2) is 0 Å². The Morgan fingerprint density at radius 2 is 1.59 bits per heavy atom. The Hall–Kier alpha value is -1.37. The topological polar surface area (TPSA) is 35.6 Å². The molecular formula is C19H19Cl3FN3O. The number of hydrogen-bond donors (Lipinski definition) is 1. The van der Waals surface area contributed by atoms with Gasteiger partial charge in [0.1, 0.15) is 5.82 Å². The van der Waals surface area contributed by atoms with Crippen molar-refractivity contribution in [2.24, 2.45) is 0 Å². The predicted octanol–water partition coefficient (Wildman–Crippen LogP) is 4.54. The minimum absolute atomic E-state index is 0.140. The van der Waals surface area contributed by atoms with Crippen LogP contribution in [0, 0.1) is 5.82 Å². The summed E-state index contributed by atoms with van der Waals surface area (Å²) in [6.07, 6.45) is 0. The summed E-state index contributed by atoms with van der Waals surface area (Å²) in [6, 6.07) is 9.89. The number of halogens is 4. The van der Waals surface area contributed by atoms with Gasteiger partial charge in [0.05, 0.1) is 27.3 Å². The second-order valence-electron chi connectivity index (χ2n) is 6.45. The number of carbonyl (C=O) groups is 1. The minimum atomic E-state index is -0.408. The van der Waals surface area contributed by atoms with Crippen LogP contribution in [-0.2, 0) is 11.3 Å². The number of carbonyl (C=O) groups excluding carboxylic acids is 1. The maximum Gasteiger partial charge on any atom is 0.238 e. The molecule has 0 saturated carbocycles. The largest absolute Gasteiger partial charge is 0.322 e. The van der Waals surface area contributed by atoms with Crippen molar-refractivity contribution in [3.05, 3.63) is 62.8 Å². The first kappa shape index (κ1) is 20.4. The maximum atomic E-state index is 13.2. The number of benzene rings is 2. The molecule has 1 N–H and O–H groups in total. The van der Waals surface area contributed by atoms with Gasteiger partial charge in [0.25, 0.3) is 0 Å². The van der Waals surface area contributed by atoms with E-state index in [1.807, 2.05) is 0 Å². The third-order valence-corrected chi connectivity index (χ3v) is 5.37. The van der Waals surface area contributed by atoms with Crippen LogP contribution in [0.4, 0.5) is 10.1 Å². The van der Waals surface area contributed by atoms with E-state index in [2.05, 4.69) is 15.1 Å². The van der Waals surface area contributed by atoms with Crippen molar-refractivity contribution in [2.75, 3.05) is 38.0 Å². The Morgan fingerprint density at radius 1 is 0.963 bits per heavy atom. The molecule has 0 atom stereocenters. The fraction of sp³-hybridized carbons (Fsp3) is 0.316. The van der Waals surface area contributed by atoms with Gasteiger partial charge in [-0.3, -0.25) is 14.6 Å². The van der Waals surface area contributed by atoms with E-state index in [-0.39, 0.29) is 17.5 Å². The summed E-state index contributed by atoms with van der Waals surface area (Å²) in [6.45, 7) is 4.13. The van der Waals surface area contributed by atoms with E-state index in [9.17, 15) is 9.18 Å². The second-order valence-corrected chi connectivity index (χ2v) is 7.67. The van der Waals surface area contributed by atoms with Gasteiger partial charge in [-0.05, 0) is 29.8 Å². The van der Waals surface area contributed by atoms with Crippen molar-refractivity contribution in [2.45, 2.75) is 6.54 Å². The lowest BCUT2D eigenvalue weighted by atomic mass is 10.2. The van der Waals surface area contributed by atoms with E-state index < -0.39 is 5.82 Å². The van der Waals surface area contributed by atoms with E-state index in [4.69, 9.17) is 34.8 Å². The number of piperazine rings is 1. The fourth-order valence-electron chi connectivity index (χ4n) is 3.00. The van der Waals surface area contributed by atoms with E-state index >= 15 is 0 Å². The van der Waals surface area contributed by atoms with Gasteiger partial charge in [0, 0.05) is 32.7 Å². The van der Waals surface area contributed by atoms with Crippen LogP contribution in [0.2, 0.25) is 15.1 Å². The first-order valence-corrected chi connectivity index (χ1v) is 9.68. The Bertz CT molecular complexity index is 806. The molecule has 0 radical (unpaired) electrons. The third-order valence-electron chi connectivity index (χ3n) is 4.45. The Kier molecular flexibility index (Phi) is 6.95.